The fraction of sp³-hybridized carbons (Fsp3) is 0.714. The second-order valence-electron chi connectivity index (χ2n) is 4.87. The molecule has 1 aromatic rings. The van der Waals surface area contributed by atoms with Gasteiger partial charge in [-0.3, -0.25) is 0 Å². The number of methoxy groups -OCH3 is 1. The number of thiophene rings is 1. The van der Waals surface area contributed by atoms with Crippen molar-refractivity contribution in [3.05, 3.63) is 16.3 Å². The van der Waals surface area contributed by atoms with Crippen LogP contribution in [0.4, 0.5) is 0 Å². The molecule has 0 radical (unpaired) electrons. The highest BCUT2D eigenvalue weighted by molar-refractivity contribution is 7.10. The monoisotopic (exact) mass is 253 g/mol. The Morgan fingerprint density at radius 1 is 1.47 bits per heavy atom. The van der Waals surface area contributed by atoms with Gasteiger partial charge in [0.25, 0.3) is 0 Å². The molecule has 0 aromatic carbocycles. The van der Waals surface area contributed by atoms with Gasteiger partial charge in [0.15, 0.2) is 0 Å². The molecule has 1 aromatic heterocycles. The number of ether oxygens (including phenoxy) is 1. The van der Waals surface area contributed by atoms with Gasteiger partial charge in [0.1, 0.15) is 5.75 Å². The minimum absolute atomic E-state index is 0.548. The third-order valence-electron chi connectivity index (χ3n) is 3.62. The minimum atomic E-state index is 0.548. The fourth-order valence-corrected chi connectivity index (χ4v) is 3.72. The summed E-state index contributed by atoms with van der Waals surface area (Å²) < 4.78 is 5.29. The molecule has 3 heteroatoms. The normalized spacial score (nSPS) is 18.5. The predicted molar refractivity (Wildman–Crippen MR) is 73.9 cm³/mol. The average molecular weight is 253 g/mol. The molecule has 0 bridgehead atoms. The standard InChI is InChI=1S/C14H23NOS/c1-3-8-15-14(11-6-4-5-7-11)13-9-12(16-2)10-17-13/h9-11,14-15H,3-8H2,1-2H3. The van der Waals surface area contributed by atoms with E-state index in [1.807, 2.05) is 11.3 Å². The zero-order valence-corrected chi connectivity index (χ0v) is 11.7. The summed E-state index contributed by atoms with van der Waals surface area (Å²) in [6, 6.07) is 2.75. The van der Waals surface area contributed by atoms with Crippen molar-refractivity contribution < 1.29 is 4.74 Å². The average Bonchev–Trinajstić information content (AvgIpc) is 3.00. The van der Waals surface area contributed by atoms with Gasteiger partial charge in [-0.25, -0.2) is 0 Å². The van der Waals surface area contributed by atoms with Crippen LogP contribution in [0.3, 0.4) is 0 Å². The first kappa shape index (κ1) is 12.9. The Labute approximate surface area is 108 Å². The van der Waals surface area contributed by atoms with Gasteiger partial charge in [0.05, 0.1) is 7.11 Å². The first-order chi connectivity index (χ1) is 8.35. The third kappa shape index (κ3) is 3.23. The summed E-state index contributed by atoms with van der Waals surface area (Å²) in [6.07, 6.45) is 6.75. The first-order valence-corrected chi connectivity index (χ1v) is 7.59. The second-order valence-corrected chi connectivity index (χ2v) is 5.81. The van der Waals surface area contributed by atoms with Crippen LogP contribution < -0.4 is 10.1 Å². The molecule has 1 heterocycles. The van der Waals surface area contributed by atoms with Crippen molar-refractivity contribution in [1.82, 2.24) is 5.32 Å². The minimum Gasteiger partial charge on any atom is -0.496 e. The van der Waals surface area contributed by atoms with Crippen molar-refractivity contribution in [3.63, 3.8) is 0 Å². The SMILES string of the molecule is CCCNC(c1cc(OC)cs1)C1CCCC1. The Balaban J connectivity index is 2.07. The summed E-state index contributed by atoms with van der Waals surface area (Å²) >= 11 is 1.83. The Bertz CT molecular complexity index is 331. The third-order valence-corrected chi connectivity index (χ3v) is 4.62. The molecule has 17 heavy (non-hydrogen) atoms. The Morgan fingerprint density at radius 3 is 2.82 bits per heavy atom. The smallest absolute Gasteiger partial charge is 0.129 e. The second kappa shape index (κ2) is 6.41. The highest BCUT2D eigenvalue weighted by atomic mass is 32.1. The van der Waals surface area contributed by atoms with Crippen molar-refractivity contribution >= 4 is 11.3 Å². The van der Waals surface area contributed by atoms with Gasteiger partial charge in [0.2, 0.25) is 0 Å². The largest absolute Gasteiger partial charge is 0.496 e. The zero-order chi connectivity index (χ0) is 12.1. The van der Waals surface area contributed by atoms with Crippen LogP contribution in [0.1, 0.15) is 49.9 Å². The lowest BCUT2D eigenvalue weighted by atomic mass is 9.96. The summed E-state index contributed by atoms with van der Waals surface area (Å²) in [7, 11) is 1.75. The number of rotatable bonds is 6. The topological polar surface area (TPSA) is 21.3 Å². The van der Waals surface area contributed by atoms with Crippen molar-refractivity contribution in [2.45, 2.75) is 45.1 Å². The molecule has 0 saturated heterocycles. The van der Waals surface area contributed by atoms with Gasteiger partial charge >= 0.3 is 0 Å². The first-order valence-electron chi connectivity index (χ1n) is 6.71. The van der Waals surface area contributed by atoms with Crippen LogP contribution in [-0.4, -0.2) is 13.7 Å². The molecular formula is C14H23NOS. The predicted octanol–water partition coefficient (Wildman–Crippen LogP) is 3.99. The Hall–Kier alpha value is -0.540. The van der Waals surface area contributed by atoms with E-state index < -0.39 is 0 Å². The number of hydrogen-bond donors (Lipinski definition) is 1. The van der Waals surface area contributed by atoms with Gasteiger partial charge in [-0.2, -0.15) is 0 Å². The van der Waals surface area contributed by atoms with E-state index >= 15 is 0 Å². The van der Waals surface area contributed by atoms with Crippen molar-refractivity contribution in [2.75, 3.05) is 13.7 Å². The Morgan fingerprint density at radius 2 is 2.24 bits per heavy atom. The van der Waals surface area contributed by atoms with E-state index in [0.717, 1.165) is 18.2 Å². The molecule has 1 saturated carbocycles. The molecule has 1 N–H and O–H groups in total. The Kier molecular flexibility index (Phi) is 4.86. The quantitative estimate of drug-likeness (QED) is 0.827. The molecule has 0 aliphatic heterocycles. The van der Waals surface area contributed by atoms with Gasteiger partial charge in [-0.1, -0.05) is 19.8 Å². The van der Waals surface area contributed by atoms with Crippen LogP contribution in [0.2, 0.25) is 0 Å². The van der Waals surface area contributed by atoms with Gasteiger partial charge in [-0.15, -0.1) is 11.3 Å². The lowest BCUT2D eigenvalue weighted by Crippen LogP contribution is -2.27. The van der Waals surface area contributed by atoms with Crippen LogP contribution in [-0.2, 0) is 0 Å². The number of hydrogen-bond acceptors (Lipinski definition) is 3. The molecule has 0 spiro atoms. The molecule has 0 amide bonds. The molecule has 1 aliphatic rings. The van der Waals surface area contributed by atoms with Gasteiger partial charge in [-0.05, 0) is 37.8 Å². The van der Waals surface area contributed by atoms with E-state index in [4.69, 9.17) is 4.74 Å². The van der Waals surface area contributed by atoms with E-state index in [-0.39, 0.29) is 0 Å². The van der Waals surface area contributed by atoms with E-state index in [2.05, 4.69) is 23.7 Å². The highest BCUT2D eigenvalue weighted by Crippen LogP contribution is 2.39. The van der Waals surface area contributed by atoms with Crippen LogP contribution >= 0.6 is 11.3 Å². The van der Waals surface area contributed by atoms with Crippen LogP contribution in [0.25, 0.3) is 0 Å². The highest BCUT2D eigenvalue weighted by Gasteiger charge is 2.26. The lowest BCUT2D eigenvalue weighted by Gasteiger charge is -2.23. The fourth-order valence-electron chi connectivity index (χ4n) is 2.69. The molecule has 96 valence electrons. The van der Waals surface area contributed by atoms with Crippen LogP contribution in [0, 0.1) is 5.92 Å². The van der Waals surface area contributed by atoms with Crippen molar-refractivity contribution in [1.29, 1.82) is 0 Å². The van der Waals surface area contributed by atoms with E-state index in [1.165, 1.54) is 37.0 Å². The summed E-state index contributed by atoms with van der Waals surface area (Å²) in [5, 5.41) is 5.84. The maximum Gasteiger partial charge on any atom is 0.129 e. The molecule has 1 aliphatic carbocycles. The van der Waals surface area contributed by atoms with E-state index in [1.54, 1.807) is 7.11 Å². The molecule has 2 rings (SSSR count). The summed E-state index contributed by atoms with van der Waals surface area (Å²) in [5.74, 6) is 1.83. The summed E-state index contributed by atoms with van der Waals surface area (Å²) in [5.41, 5.74) is 0. The number of nitrogens with one attached hydrogen (secondary N) is 1. The van der Waals surface area contributed by atoms with Crippen LogP contribution in [0.5, 0.6) is 5.75 Å². The van der Waals surface area contributed by atoms with E-state index in [0.29, 0.717) is 6.04 Å². The molecule has 2 nitrogen and oxygen atoms in total. The molecule has 1 unspecified atom stereocenters. The maximum absolute atomic E-state index is 5.29. The zero-order valence-electron chi connectivity index (χ0n) is 10.9. The molecular weight excluding hydrogens is 230 g/mol. The van der Waals surface area contributed by atoms with Crippen molar-refractivity contribution in [3.8, 4) is 5.75 Å². The molecule has 1 fully saturated rings. The summed E-state index contributed by atoms with van der Waals surface area (Å²) in [4.78, 5) is 1.45. The van der Waals surface area contributed by atoms with Gasteiger partial charge in [0, 0.05) is 16.3 Å². The summed E-state index contributed by atoms with van der Waals surface area (Å²) in [6.45, 7) is 3.34. The lowest BCUT2D eigenvalue weighted by molar-refractivity contribution is 0.371. The van der Waals surface area contributed by atoms with Crippen LogP contribution in [0.15, 0.2) is 11.4 Å². The van der Waals surface area contributed by atoms with Gasteiger partial charge < -0.3 is 10.1 Å². The maximum atomic E-state index is 5.29. The molecule has 1 atom stereocenters. The van der Waals surface area contributed by atoms with Crippen molar-refractivity contribution in [2.24, 2.45) is 5.92 Å². The van der Waals surface area contributed by atoms with E-state index in [9.17, 15) is 0 Å².